The van der Waals surface area contributed by atoms with E-state index in [0.717, 1.165) is 25.7 Å². The van der Waals surface area contributed by atoms with Crippen molar-refractivity contribution in [2.24, 2.45) is 5.92 Å². The van der Waals surface area contributed by atoms with Gasteiger partial charge in [0.2, 0.25) is 0 Å². The van der Waals surface area contributed by atoms with Crippen LogP contribution in [0.3, 0.4) is 0 Å². The summed E-state index contributed by atoms with van der Waals surface area (Å²) in [4.78, 5) is 2.46. The van der Waals surface area contributed by atoms with Gasteiger partial charge in [0.1, 0.15) is 6.04 Å². The fraction of sp³-hybridized carbons (Fsp3) is 1.00. The van der Waals surface area contributed by atoms with Crippen molar-refractivity contribution in [1.29, 1.82) is 0 Å². The van der Waals surface area contributed by atoms with E-state index in [4.69, 9.17) is 9.84 Å². The molecular weight excluding hydrogens is 192 g/mol. The lowest BCUT2D eigenvalue weighted by Gasteiger charge is -2.36. The molecule has 2 aliphatic heterocycles. The van der Waals surface area contributed by atoms with Crippen LogP contribution in [0.1, 0.15) is 12.8 Å². The number of nitrogens with zero attached hydrogens (tertiary/aromatic N) is 1. The summed E-state index contributed by atoms with van der Waals surface area (Å²) in [5, 5.41) is 10.9. The van der Waals surface area contributed by atoms with E-state index in [1.165, 1.54) is 32.5 Å². The second-order valence-corrected chi connectivity index (χ2v) is 4.62. The first-order chi connectivity index (χ1) is 7.40. The molecular formula is C11H23N2O2+. The van der Waals surface area contributed by atoms with Crippen LogP contribution in [0.15, 0.2) is 0 Å². The van der Waals surface area contributed by atoms with Crippen molar-refractivity contribution in [2.45, 2.75) is 18.9 Å². The van der Waals surface area contributed by atoms with Crippen LogP contribution in [0, 0.1) is 5.92 Å². The normalized spacial score (nSPS) is 30.6. The standard InChI is InChI=1S/C11H22N2O2/c14-8-11-9-15-6-5-13(11)7-10-1-3-12-4-2-10/h10-12,14H,1-9H2/p+1/t11-/m0/s1. The Morgan fingerprint density at radius 2 is 2.13 bits per heavy atom. The summed E-state index contributed by atoms with van der Waals surface area (Å²) in [5.41, 5.74) is 0. The zero-order valence-electron chi connectivity index (χ0n) is 9.37. The van der Waals surface area contributed by atoms with Crippen LogP contribution in [0.2, 0.25) is 0 Å². The molecule has 0 aromatic rings. The van der Waals surface area contributed by atoms with Crippen LogP contribution in [0.5, 0.6) is 0 Å². The van der Waals surface area contributed by atoms with Gasteiger partial charge in [-0.2, -0.15) is 0 Å². The molecule has 4 nitrogen and oxygen atoms in total. The predicted molar refractivity (Wildman–Crippen MR) is 60.3 cm³/mol. The maximum Gasteiger partial charge on any atom is 0.161 e. The summed E-state index contributed by atoms with van der Waals surface area (Å²) < 4.78 is 5.42. The van der Waals surface area contributed by atoms with E-state index in [1.807, 2.05) is 0 Å². The first-order valence-corrected chi connectivity index (χ1v) is 6.07. The highest BCUT2D eigenvalue weighted by Gasteiger charge is 2.26. The Labute approximate surface area is 91.6 Å². The van der Waals surface area contributed by atoms with Gasteiger partial charge in [0.05, 0.1) is 13.2 Å². The van der Waals surface area contributed by atoms with Gasteiger partial charge >= 0.3 is 0 Å². The molecule has 0 saturated carbocycles. The topological polar surface area (TPSA) is 47.4 Å². The Hall–Kier alpha value is -0.160. The summed E-state index contributed by atoms with van der Waals surface area (Å²) in [7, 11) is 0. The Morgan fingerprint density at radius 3 is 2.87 bits per heavy atom. The van der Waals surface area contributed by atoms with Crippen molar-refractivity contribution in [3.8, 4) is 0 Å². The van der Waals surface area contributed by atoms with Crippen LogP contribution in [0.4, 0.5) is 0 Å². The number of hydrogen-bond donors (Lipinski definition) is 1. The van der Waals surface area contributed by atoms with E-state index in [1.54, 1.807) is 0 Å². The quantitative estimate of drug-likeness (QED) is 0.640. The van der Waals surface area contributed by atoms with Crippen molar-refractivity contribution in [1.82, 2.24) is 10.2 Å². The van der Waals surface area contributed by atoms with E-state index in [0.29, 0.717) is 12.6 Å². The Bertz CT molecular complexity index is 183. The minimum Gasteiger partial charge on any atom is -0.444 e. The lowest BCUT2D eigenvalue weighted by atomic mass is 9.97. The van der Waals surface area contributed by atoms with E-state index in [9.17, 15) is 0 Å². The summed E-state index contributed by atoms with van der Waals surface area (Å²) in [6.07, 6.45) is 2.59. The zero-order chi connectivity index (χ0) is 10.5. The molecule has 2 fully saturated rings. The molecule has 2 rings (SSSR count). The van der Waals surface area contributed by atoms with E-state index in [2.05, 4.69) is 10.2 Å². The average molecular weight is 215 g/mol. The van der Waals surface area contributed by atoms with Crippen molar-refractivity contribution in [3.05, 3.63) is 0 Å². The molecule has 0 aromatic heterocycles. The summed E-state index contributed by atoms with van der Waals surface area (Å²) in [6, 6.07) is 0.341. The van der Waals surface area contributed by atoms with Gasteiger partial charge in [-0.25, -0.2) is 0 Å². The smallest absolute Gasteiger partial charge is 0.161 e. The van der Waals surface area contributed by atoms with Crippen LogP contribution in [0.25, 0.3) is 0 Å². The van der Waals surface area contributed by atoms with Crippen LogP contribution in [-0.2, 0) is 4.74 Å². The molecule has 15 heavy (non-hydrogen) atoms. The zero-order valence-corrected chi connectivity index (χ0v) is 9.37. The fourth-order valence-electron chi connectivity index (χ4n) is 2.51. The molecule has 0 aliphatic carbocycles. The highest BCUT2D eigenvalue weighted by Crippen LogP contribution is 2.16. The minimum absolute atomic E-state index is 0.341. The highest BCUT2D eigenvalue weighted by atomic mass is 16.5. The number of hydrogen-bond acceptors (Lipinski definition) is 3. The number of morpholine rings is 1. The largest absolute Gasteiger partial charge is 0.444 e. The van der Waals surface area contributed by atoms with Gasteiger partial charge in [-0.3, -0.25) is 4.90 Å². The second-order valence-electron chi connectivity index (χ2n) is 4.62. The first-order valence-electron chi connectivity index (χ1n) is 6.07. The lowest BCUT2D eigenvalue weighted by Crippen LogP contribution is -2.50. The molecule has 0 unspecified atom stereocenters. The molecule has 3 N–H and O–H groups in total. The van der Waals surface area contributed by atoms with Crippen molar-refractivity contribution < 1.29 is 9.84 Å². The van der Waals surface area contributed by atoms with E-state index < -0.39 is 0 Å². The molecule has 1 atom stereocenters. The number of nitrogens with one attached hydrogen (secondary N) is 1. The van der Waals surface area contributed by atoms with Gasteiger partial charge in [0.25, 0.3) is 0 Å². The third-order valence-corrected chi connectivity index (χ3v) is 3.54. The Balaban J connectivity index is 1.79. The molecule has 0 radical (unpaired) electrons. The third-order valence-electron chi connectivity index (χ3n) is 3.54. The first kappa shape index (κ1) is 11.3. The van der Waals surface area contributed by atoms with Crippen molar-refractivity contribution in [2.75, 3.05) is 46.0 Å². The van der Waals surface area contributed by atoms with Gasteiger partial charge in [-0.05, 0) is 31.8 Å². The molecule has 2 heterocycles. The molecule has 0 aromatic carbocycles. The number of rotatable bonds is 3. The SMILES string of the molecule is [OH2+]C[C@H]1COCCN1CC1CCNCC1. The van der Waals surface area contributed by atoms with Crippen LogP contribution >= 0.6 is 0 Å². The summed E-state index contributed by atoms with van der Waals surface area (Å²) >= 11 is 0. The van der Waals surface area contributed by atoms with Crippen molar-refractivity contribution in [3.63, 3.8) is 0 Å². The van der Waals surface area contributed by atoms with Gasteiger partial charge in [-0.1, -0.05) is 0 Å². The second kappa shape index (κ2) is 5.80. The molecule has 0 amide bonds. The van der Waals surface area contributed by atoms with Crippen LogP contribution < -0.4 is 5.32 Å². The average Bonchev–Trinajstić information content (AvgIpc) is 2.31. The molecule has 0 spiro atoms. The fourth-order valence-corrected chi connectivity index (χ4v) is 2.51. The number of ether oxygens (including phenoxy) is 1. The summed E-state index contributed by atoms with van der Waals surface area (Å²) in [5.74, 6) is 0.832. The monoisotopic (exact) mass is 215 g/mol. The lowest BCUT2D eigenvalue weighted by molar-refractivity contribution is -0.0349. The maximum absolute atomic E-state index is 7.51. The predicted octanol–water partition coefficient (Wildman–Crippen LogP) is -0.589. The Morgan fingerprint density at radius 1 is 1.33 bits per heavy atom. The molecule has 88 valence electrons. The van der Waals surface area contributed by atoms with Gasteiger partial charge in [-0.15, -0.1) is 0 Å². The maximum atomic E-state index is 7.51. The van der Waals surface area contributed by atoms with Crippen LogP contribution in [-0.4, -0.2) is 62.0 Å². The summed E-state index contributed by atoms with van der Waals surface area (Å²) in [6.45, 7) is 6.62. The Kier molecular flexibility index (Phi) is 4.38. The molecule has 2 aliphatic rings. The van der Waals surface area contributed by atoms with Gasteiger partial charge < -0.3 is 15.2 Å². The van der Waals surface area contributed by atoms with Gasteiger partial charge in [0.15, 0.2) is 6.61 Å². The van der Waals surface area contributed by atoms with Crippen molar-refractivity contribution >= 4 is 0 Å². The number of piperidine rings is 1. The van der Waals surface area contributed by atoms with E-state index in [-0.39, 0.29) is 0 Å². The molecule has 4 heteroatoms. The third kappa shape index (κ3) is 3.14. The molecule has 0 bridgehead atoms. The molecule has 2 saturated heterocycles. The minimum atomic E-state index is 0.341. The van der Waals surface area contributed by atoms with Gasteiger partial charge in [0, 0.05) is 13.1 Å². The highest BCUT2D eigenvalue weighted by molar-refractivity contribution is 4.79. The van der Waals surface area contributed by atoms with E-state index >= 15 is 0 Å².